The molecule has 1 aliphatic rings. The average Bonchev–Trinajstić information content (AvgIpc) is 2.71. The van der Waals surface area contributed by atoms with Crippen molar-refractivity contribution in [2.45, 2.75) is 43.7 Å². The minimum atomic E-state index is -3.82. The highest BCUT2D eigenvalue weighted by molar-refractivity contribution is 7.89. The second-order valence-corrected chi connectivity index (χ2v) is 7.44. The van der Waals surface area contributed by atoms with Crippen molar-refractivity contribution in [3.63, 3.8) is 0 Å². The summed E-state index contributed by atoms with van der Waals surface area (Å²) in [6.45, 7) is 3.99. The van der Waals surface area contributed by atoms with Gasteiger partial charge in [0.15, 0.2) is 0 Å². The van der Waals surface area contributed by atoms with Gasteiger partial charge in [-0.1, -0.05) is 0 Å². The van der Waals surface area contributed by atoms with Crippen LogP contribution in [0.15, 0.2) is 10.3 Å². The number of carboxylic acids is 1. The van der Waals surface area contributed by atoms with Gasteiger partial charge in [-0.15, -0.1) is 11.3 Å². The predicted molar refractivity (Wildman–Crippen MR) is 74.8 cm³/mol. The molecular formula is C12H17NO5S2. The lowest BCUT2D eigenvalue weighted by molar-refractivity contribution is 0.0173. The number of thiophene rings is 1. The van der Waals surface area contributed by atoms with Crippen molar-refractivity contribution < 1.29 is 23.1 Å². The molecule has 2 atom stereocenters. The Morgan fingerprint density at radius 1 is 1.55 bits per heavy atom. The molecular weight excluding hydrogens is 302 g/mol. The molecule has 1 saturated heterocycles. The molecule has 8 heteroatoms. The molecule has 1 aromatic rings. The number of aromatic carboxylic acids is 1. The first kappa shape index (κ1) is 15.4. The topological polar surface area (TPSA) is 92.7 Å². The van der Waals surface area contributed by atoms with Crippen LogP contribution in [0, 0.1) is 6.92 Å². The van der Waals surface area contributed by atoms with Gasteiger partial charge in [0.2, 0.25) is 10.0 Å². The highest BCUT2D eigenvalue weighted by atomic mass is 32.2. The van der Waals surface area contributed by atoms with E-state index in [1.54, 1.807) is 12.3 Å². The van der Waals surface area contributed by atoms with Crippen LogP contribution in [-0.2, 0) is 14.8 Å². The number of carbonyl (C=O) groups is 1. The zero-order valence-electron chi connectivity index (χ0n) is 11.3. The normalized spacial score (nSPS) is 23.7. The predicted octanol–water partition coefficient (Wildman–Crippen LogP) is 1.60. The van der Waals surface area contributed by atoms with E-state index in [0.29, 0.717) is 25.0 Å². The minimum Gasteiger partial charge on any atom is -0.477 e. The van der Waals surface area contributed by atoms with E-state index in [1.165, 1.54) is 0 Å². The van der Waals surface area contributed by atoms with E-state index < -0.39 is 16.0 Å². The smallest absolute Gasteiger partial charge is 0.347 e. The molecule has 112 valence electrons. The van der Waals surface area contributed by atoms with Crippen molar-refractivity contribution in [3.8, 4) is 0 Å². The van der Waals surface area contributed by atoms with Crippen molar-refractivity contribution in [1.29, 1.82) is 0 Å². The fourth-order valence-electron chi connectivity index (χ4n) is 2.30. The number of aryl methyl sites for hydroxylation is 1. The molecule has 0 amide bonds. The van der Waals surface area contributed by atoms with E-state index in [0.717, 1.165) is 11.3 Å². The van der Waals surface area contributed by atoms with E-state index in [1.807, 2.05) is 6.92 Å². The van der Waals surface area contributed by atoms with Gasteiger partial charge < -0.3 is 9.84 Å². The highest BCUT2D eigenvalue weighted by Crippen LogP contribution is 2.27. The summed E-state index contributed by atoms with van der Waals surface area (Å²) in [5, 5.41) is 10.6. The van der Waals surface area contributed by atoms with Crippen LogP contribution in [0.3, 0.4) is 0 Å². The fraction of sp³-hybridized carbons (Fsp3) is 0.583. The van der Waals surface area contributed by atoms with Crippen LogP contribution < -0.4 is 4.72 Å². The summed E-state index contributed by atoms with van der Waals surface area (Å²) in [6, 6.07) is -0.218. The summed E-state index contributed by atoms with van der Waals surface area (Å²) in [5.41, 5.74) is 0.458. The third-order valence-corrected chi connectivity index (χ3v) is 6.11. The molecule has 1 aliphatic heterocycles. The van der Waals surface area contributed by atoms with Crippen LogP contribution in [-0.4, -0.2) is 38.2 Å². The molecule has 0 saturated carbocycles. The lowest BCUT2D eigenvalue weighted by Gasteiger charge is -2.27. The molecule has 0 aromatic carbocycles. The van der Waals surface area contributed by atoms with Gasteiger partial charge in [-0.3, -0.25) is 0 Å². The molecule has 1 aromatic heterocycles. The standard InChI is InChI=1S/C12H17NO5S2/c1-7-6-19-10(12(14)15)11(7)20(16,17)13-9-3-4-18-8(2)5-9/h6,8-9,13H,3-5H2,1-2H3,(H,14,15). The Labute approximate surface area is 121 Å². The van der Waals surface area contributed by atoms with Gasteiger partial charge in [-0.25, -0.2) is 17.9 Å². The molecule has 2 unspecified atom stereocenters. The van der Waals surface area contributed by atoms with Gasteiger partial charge in [0.25, 0.3) is 0 Å². The third-order valence-electron chi connectivity index (χ3n) is 3.19. The Hall–Kier alpha value is -0.960. The first-order valence-corrected chi connectivity index (χ1v) is 8.63. The summed E-state index contributed by atoms with van der Waals surface area (Å²) >= 11 is 0.930. The van der Waals surface area contributed by atoms with Gasteiger partial charge >= 0.3 is 5.97 Å². The number of rotatable bonds is 4. The number of hydrogen-bond acceptors (Lipinski definition) is 5. The maximum Gasteiger partial charge on any atom is 0.347 e. The van der Waals surface area contributed by atoms with Crippen LogP contribution in [0.2, 0.25) is 0 Å². The summed E-state index contributed by atoms with van der Waals surface area (Å²) in [5.74, 6) is -1.22. The van der Waals surface area contributed by atoms with Crippen LogP contribution in [0.1, 0.15) is 35.0 Å². The number of sulfonamides is 1. The number of carboxylic acid groups (broad SMARTS) is 1. The third kappa shape index (κ3) is 3.20. The molecule has 20 heavy (non-hydrogen) atoms. The number of nitrogens with one attached hydrogen (secondary N) is 1. The van der Waals surface area contributed by atoms with Crippen molar-refractivity contribution in [3.05, 3.63) is 15.8 Å². The van der Waals surface area contributed by atoms with Crippen LogP contribution in [0.5, 0.6) is 0 Å². The van der Waals surface area contributed by atoms with E-state index in [2.05, 4.69) is 4.72 Å². The van der Waals surface area contributed by atoms with Crippen molar-refractivity contribution in [2.75, 3.05) is 6.61 Å². The molecule has 2 rings (SSSR count). The lowest BCUT2D eigenvalue weighted by atomic mass is 10.1. The van der Waals surface area contributed by atoms with Gasteiger partial charge in [0.05, 0.1) is 6.10 Å². The van der Waals surface area contributed by atoms with Gasteiger partial charge in [-0.05, 0) is 37.6 Å². The summed E-state index contributed by atoms with van der Waals surface area (Å²) in [7, 11) is -3.82. The lowest BCUT2D eigenvalue weighted by Crippen LogP contribution is -2.41. The van der Waals surface area contributed by atoms with Crippen molar-refractivity contribution in [1.82, 2.24) is 4.72 Å². The SMILES string of the molecule is Cc1csc(C(=O)O)c1S(=O)(=O)NC1CCOC(C)C1. The highest BCUT2D eigenvalue weighted by Gasteiger charge is 2.30. The number of hydrogen-bond donors (Lipinski definition) is 2. The zero-order valence-corrected chi connectivity index (χ0v) is 12.9. The first-order valence-electron chi connectivity index (χ1n) is 6.26. The average molecular weight is 319 g/mol. The van der Waals surface area contributed by atoms with Gasteiger partial charge in [0, 0.05) is 12.6 Å². The first-order chi connectivity index (χ1) is 9.31. The Morgan fingerprint density at radius 3 is 2.85 bits per heavy atom. The second-order valence-electron chi connectivity index (χ2n) is 4.91. The maximum atomic E-state index is 12.4. The summed E-state index contributed by atoms with van der Waals surface area (Å²) in [4.78, 5) is 10.9. The molecule has 0 spiro atoms. The van der Waals surface area contributed by atoms with Crippen LogP contribution in [0.4, 0.5) is 0 Å². The van der Waals surface area contributed by atoms with Crippen molar-refractivity contribution >= 4 is 27.3 Å². The minimum absolute atomic E-state index is 0.000958. The van der Waals surface area contributed by atoms with Crippen molar-refractivity contribution in [2.24, 2.45) is 0 Å². The quantitative estimate of drug-likeness (QED) is 0.879. The molecule has 0 bridgehead atoms. The molecule has 6 nitrogen and oxygen atoms in total. The maximum absolute atomic E-state index is 12.4. The van der Waals surface area contributed by atoms with Crippen LogP contribution >= 0.6 is 11.3 Å². The van der Waals surface area contributed by atoms with E-state index in [9.17, 15) is 13.2 Å². The zero-order chi connectivity index (χ0) is 14.9. The Kier molecular flexibility index (Phi) is 4.48. The molecule has 0 radical (unpaired) electrons. The Balaban J connectivity index is 2.26. The van der Waals surface area contributed by atoms with E-state index in [-0.39, 0.29) is 21.9 Å². The molecule has 0 aliphatic carbocycles. The van der Waals surface area contributed by atoms with E-state index >= 15 is 0 Å². The van der Waals surface area contributed by atoms with Gasteiger partial charge in [0.1, 0.15) is 9.77 Å². The molecule has 2 N–H and O–H groups in total. The van der Waals surface area contributed by atoms with Crippen LogP contribution in [0.25, 0.3) is 0 Å². The number of ether oxygens (including phenoxy) is 1. The summed E-state index contributed by atoms with van der Waals surface area (Å²) in [6.07, 6.45) is 1.18. The molecule has 2 heterocycles. The Morgan fingerprint density at radius 2 is 2.25 bits per heavy atom. The monoisotopic (exact) mass is 319 g/mol. The largest absolute Gasteiger partial charge is 0.477 e. The second kappa shape index (κ2) is 5.80. The fourth-order valence-corrected chi connectivity index (χ4v) is 5.21. The summed E-state index contributed by atoms with van der Waals surface area (Å²) < 4.78 is 32.8. The van der Waals surface area contributed by atoms with Gasteiger partial charge in [-0.2, -0.15) is 0 Å². The molecule has 1 fully saturated rings. The van der Waals surface area contributed by atoms with E-state index in [4.69, 9.17) is 9.84 Å². The Bertz CT molecular complexity index is 607.